The van der Waals surface area contributed by atoms with Crippen LogP contribution >= 0.6 is 11.6 Å². The number of sulfone groups is 1. The first kappa shape index (κ1) is 27.0. The minimum absolute atomic E-state index is 0.0986. The van der Waals surface area contributed by atoms with Crippen LogP contribution in [-0.4, -0.2) is 35.1 Å². The van der Waals surface area contributed by atoms with Crippen LogP contribution in [0.2, 0.25) is 5.02 Å². The zero-order chi connectivity index (χ0) is 28.6. The SMILES string of the molecule is C[C@H](NC(=O)c1nc(-c2cccc(S(C)(=O)=O)c2)cnc1N)c1cc2cccc(Cl)c2c(=O)n1-c1ccccc1. The van der Waals surface area contributed by atoms with E-state index in [-0.39, 0.29) is 27.7 Å². The number of halogens is 1. The summed E-state index contributed by atoms with van der Waals surface area (Å²) in [4.78, 5) is 35.7. The topological polar surface area (TPSA) is 137 Å². The summed E-state index contributed by atoms with van der Waals surface area (Å²) < 4.78 is 25.5. The van der Waals surface area contributed by atoms with Crippen molar-refractivity contribution in [3.63, 3.8) is 0 Å². The Morgan fingerprint density at radius 1 is 1.02 bits per heavy atom. The fraction of sp³-hybridized carbons (Fsp3) is 0.103. The first-order valence-corrected chi connectivity index (χ1v) is 14.4. The number of benzene rings is 3. The Morgan fingerprint density at radius 2 is 1.75 bits per heavy atom. The van der Waals surface area contributed by atoms with E-state index in [1.54, 1.807) is 49.4 Å². The molecular weight excluding hydrogens is 550 g/mol. The van der Waals surface area contributed by atoms with E-state index in [1.165, 1.54) is 22.9 Å². The molecule has 11 heteroatoms. The molecule has 0 spiro atoms. The van der Waals surface area contributed by atoms with Crippen LogP contribution in [-0.2, 0) is 9.84 Å². The fourth-order valence-corrected chi connectivity index (χ4v) is 5.36. The van der Waals surface area contributed by atoms with E-state index in [2.05, 4.69) is 15.3 Å². The first-order chi connectivity index (χ1) is 19.0. The molecule has 0 radical (unpaired) electrons. The highest BCUT2D eigenvalue weighted by molar-refractivity contribution is 7.90. The fourth-order valence-electron chi connectivity index (χ4n) is 4.43. The number of para-hydroxylation sites is 1. The van der Waals surface area contributed by atoms with Crippen molar-refractivity contribution >= 4 is 43.9 Å². The number of nitrogens with two attached hydrogens (primary N) is 1. The molecule has 40 heavy (non-hydrogen) atoms. The highest BCUT2D eigenvalue weighted by atomic mass is 35.5. The molecule has 3 N–H and O–H groups in total. The molecule has 0 aliphatic heterocycles. The summed E-state index contributed by atoms with van der Waals surface area (Å²) in [5.74, 6) is -0.713. The number of pyridine rings is 1. The molecule has 0 saturated heterocycles. The van der Waals surface area contributed by atoms with E-state index in [1.807, 2.05) is 24.3 Å². The highest BCUT2D eigenvalue weighted by Crippen LogP contribution is 2.26. The van der Waals surface area contributed by atoms with Crippen LogP contribution in [0.1, 0.15) is 29.1 Å². The lowest BCUT2D eigenvalue weighted by atomic mass is 10.1. The Bertz CT molecular complexity index is 1940. The van der Waals surface area contributed by atoms with Crippen molar-refractivity contribution in [3.8, 4) is 16.9 Å². The molecule has 0 bridgehead atoms. The molecule has 5 aromatic rings. The number of hydrogen-bond acceptors (Lipinski definition) is 7. The van der Waals surface area contributed by atoms with Gasteiger partial charge in [0.25, 0.3) is 11.5 Å². The van der Waals surface area contributed by atoms with Crippen molar-refractivity contribution in [2.45, 2.75) is 17.9 Å². The standard InChI is InChI=1S/C29H24ClN5O4S/c1-17(24-15-19-9-7-13-22(30)25(19)29(37)35(24)20-10-4-3-5-11-20)33-28(36)26-27(31)32-16-23(34-26)18-8-6-12-21(14-18)40(2,38)39/h3-17H,1-2H3,(H2,31,32)(H,33,36)/t17-/m0/s1. The molecule has 0 unspecified atom stereocenters. The van der Waals surface area contributed by atoms with Gasteiger partial charge in [0.1, 0.15) is 0 Å². The number of fused-ring (bicyclic) bond motifs is 1. The normalized spacial score (nSPS) is 12.3. The van der Waals surface area contributed by atoms with Gasteiger partial charge in [-0.25, -0.2) is 18.4 Å². The van der Waals surface area contributed by atoms with E-state index in [0.29, 0.717) is 32.7 Å². The van der Waals surface area contributed by atoms with E-state index < -0.39 is 21.8 Å². The summed E-state index contributed by atoms with van der Waals surface area (Å²) in [7, 11) is -3.45. The second-order valence-electron chi connectivity index (χ2n) is 9.23. The average Bonchev–Trinajstić information content (AvgIpc) is 2.93. The van der Waals surface area contributed by atoms with Crippen LogP contribution in [0.5, 0.6) is 0 Å². The van der Waals surface area contributed by atoms with E-state index in [4.69, 9.17) is 17.3 Å². The number of hydrogen-bond donors (Lipinski definition) is 2. The third-order valence-electron chi connectivity index (χ3n) is 6.40. The number of amides is 1. The number of rotatable bonds is 6. The van der Waals surface area contributed by atoms with E-state index in [0.717, 1.165) is 6.26 Å². The molecule has 1 atom stereocenters. The van der Waals surface area contributed by atoms with Crippen LogP contribution in [0.3, 0.4) is 0 Å². The number of carbonyl (C=O) groups is 1. The van der Waals surface area contributed by atoms with Crippen LogP contribution in [0.25, 0.3) is 27.7 Å². The summed E-state index contributed by atoms with van der Waals surface area (Å²) in [5.41, 5.74) is 7.43. The number of nitrogens with one attached hydrogen (secondary N) is 1. The van der Waals surface area contributed by atoms with Crippen molar-refractivity contribution in [2.75, 3.05) is 12.0 Å². The molecule has 2 heterocycles. The molecule has 0 fully saturated rings. The minimum Gasteiger partial charge on any atom is -0.382 e. The molecule has 0 aliphatic carbocycles. The smallest absolute Gasteiger partial charge is 0.274 e. The number of carbonyl (C=O) groups excluding carboxylic acids is 1. The quantitative estimate of drug-likeness (QED) is 0.303. The number of aromatic nitrogens is 3. The Balaban J connectivity index is 1.55. The van der Waals surface area contributed by atoms with Crippen molar-refractivity contribution in [1.82, 2.24) is 19.9 Å². The second kappa shape index (κ2) is 10.6. The lowest BCUT2D eigenvalue weighted by molar-refractivity contribution is 0.0934. The maximum absolute atomic E-state index is 13.7. The van der Waals surface area contributed by atoms with Gasteiger partial charge >= 0.3 is 0 Å². The van der Waals surface area contributed by atoms with Gasteiger partial charge in [0.2, 0.25) is 0 Å². The summed E-state index contributed by atoms with van der Waals surface area (Å²) in [6.45, 7) is 1.74. The Morgan fingerprint density at radius 3 is 2.48 bits per heavy atom. The van der Waals surface area contributed by atoms with Gasteiger partial charge in [-0.05, 0) is 48.7 Å². The largest absolute Gasteiger partial charge is 0.382 e. The summed E-state index contributed by atoms with van der Waals surface area (Å²) in [5, 5.41) is 4.21. The maximum Gasteiger partial charge on any atom is 0.274 e. The van der Waals surface area contributed by atoms with E-state index in [9.17, 15) is 18.0 Å². The Hall–Kier alpha value is -4.54. The third kappa shape index (κ3) is 5.18. The predicted octanol–water partition coefficient (Wildman–Crippen LogP) is 4.58. The monoisotopic (exact) mass is 573 g/mol. The predicted molar refractivity (Wildman–Crippen MR) is 155 cm³/mol. The van der Waals surface area contributed by atoms with Gasteiger partial charge < -0.3 is 11.1 Å². The lowest BCUT2D eigenvalue weighted by Gasteiger charge is -2.21. The molecule has 0 aliphatic rings. The van der Waals surface area contributed by atoms with Gasteiger partial charge in [0.15, 0.2) is 21.3 Å². The van der Waals surface area contributed by atoms with Crippen LogP contribution in [0.15, 0.2) is 94.7 Å². The van der Waals surface area contributed by atoms with Crippen molar-refractivity contribution in [1.29, 1.82) is 0 Å². The Kier molecular flexibility index (Phi) is 7.14. The maximum atomic E-state index is 13.7. The van der Waals surface area contributed by atoms with E-state index >= 15 is 0 Å². The zero-order valence-corrected chi connectivity index (χ0v) is 23.1. The summed E-state index contributed by atoms with van der Waals surface area (Å²) >= 11 is 6.39. The third-order valence-corrected chi connectivity index (χ3v) is 7.83. The molecule has 2 aromatic heterocycles. The van der Waals surface area contributed by atoms with Crippen LogP contribution < -0.4 is 16.6 Å². The van der Waals surface area contributed by atoms with Gasteiger partial charge in [0.05, 0.1) is 33.2 Å². The Labute approximate surface area is 235 Å². The van der Waals surface area contributed by atoms with Crippen molar-refractivity contribution < 1.29 is 13.2 Å². The summed E-state index contributed by atoms with van der Waals surface area (Å²) in [6.07, 6.45) is 2.48. The van der Waals surface area contributed by atoms with Crippen molar-refractivity contribution in [3.05, 3.63) is 112 Å². The molecule has 0 saturated carbocycles. The number of anilines is 1. The minimum atomic E-state index is -3.45. The summed E-state index contributed by atoms with van der Waals surface area (Å²) in [6, 6.07) is 21.6. The first-order valence-electron chi connectivity index (χ1n) is 12.2. The molecule has 3 aromatic carbocycles. The number of nitrogen functional groups attached to an aromatic ring is 1. The van der Waals surface area contributed by atoms with Gasteiger partial charge in [-0.2, -0.15) is 0 Å². The van der Waals surface area contributed by atoms with Gasteiger partial charge in [0, 0.05) is 23.2 Å². The average molecular weight is 574 g/mol. The van der Waals surface area contributed by atoms with Gasteiger partial charge in [-0.15, -0.1) is 0 Å². The molecule has 202 valence electrons. The van der Waals surface area contributed by atoms with Crippen molar-refractivity contribution in [2.24, 2.45) is 0 Å². The molecule has 5 rings (SSSR count). The molecule has 1 amide bonds. The molecular formula is C29H24ClN5O4S. The van der Waals surface area contributed by atoms with Crippen LogP contribution in [0.4, 0.5) is 5.82 Å². The zero-order valence-electron chi connectivity index (χ0n) is 21.5. The second-order valence-corrected chi connectivity index (χ2v) is 11.7. The van der Waals surface area contributed by atoms with Gasteiger partial charge in [-0.1, -0.05) is 54.1 Å². The van der Waals surface area contributed by atoms with Crippen LogP contribution in [0, 0.1) is 0 Å². The van der Waals surface area contributed by atoms with Gasteiger partial charge in [-0.3, -0.25) is 14.2 Å². The lowest BCUT2D eigenvalue weighted by Crippen LogP contribution is -2.33. The molecule has 9 nitrogen and oxygen atoms in total. The highest BCUT2D eigenvalue weighted by Gasteiger charge is 2.22. The number of nitrogens with zero attached hydrogens (tertiary/aromatic N) is 3.